The topological polar surface area (TPSA) is 109 Å². The molecule has 9 nitrogen and oxygen atoms in total. The zero-order valence-electron chi connectivity index (χ0n) is 20.1. The third kappa shape index (κ3) is 5.85. The van der Waals surface area contributed by atoms with Gasteiger partial charge in [0, 0.05) is 30.0 Å². The fraction of sp³-hybridized carbons (Fsp3) is 0.179. The van der Waals surface area contributed by atoms with Gasteiger partial charge in [-0.15, -0.1) is 0 Å². The molecule has 1 unspecified atom stereocenters. The Kier molecular flexibility index (Phi) is 7.25. The molecule has 0 bridgehead atoms. The van der Waals surface area contributed by atoms with E-state index in [4.69, 9.17) is 4.74 Å². The lowest BCUT2D eigenvalue weighted by molar-refractivity contribution is -0.124. The summed E-state index contributed by atoms with van der Waals surface area (Å²) in [6.07, 6.45) is 1.81. The van der Waals surface area contributed by atoms with Gasteiger partial charge < -0.3 is 25.4 Å². The number of nitrogens with zero attached hydrogens (tertiary/aromatic N) is 3. The van der Waals surface area contributed by atoms with E-state index in [1.165, 1.54) is 6.20 Å². The Morgan fingerprint density at radius 3 is 2.38 bits per heavy atom. The molecular weight excluding hydrogens is 470 g/mol. The van der Waals surface area contributed by atoms with Gasteiger partial charge in [-0.25, -0.2) is 4.68 Å². The Hall–Kier alpha value is -4.47. The van der Waals surface area contributed by atoms with Crippen molar-refractivity contribution in [1.29, 1.82) is 0 Å². The molecule has 0 aliphatic carbocycles. The Bertz CT molecular complexity index is 1360. The van der Waals surface area contributed by atoms with Crippen LogP contribution in [0.1, 0.15) is 22.0 Å². The van der Waals surface area contributed by atoms with Gasteiger partial charge >= 0.3 is 0 Å². The number of hydrogen-bond acceptors (Lipinski definition) is 6. The summed E-state index contributed by atoms with van der Waals surface area (Å²) in [5.41, 5.74) is 3.85. The minimum atomic E-state index is -1.29. The molecule has 2 amide bonds. The Labute approximate surface area is 214 Å². The molecule has 0 radical (unpaired) electrons. The number of ether oxygens (including phenoxy) is 1. The maximum Gasteiger partial charge on any atom is 0.257 e. The summed E-state index contributed by atoms with van der Waals surface area (Å²) >= 11 is 0. The van der Waals surface area contributed by atoms with Gasteiger partial charge in [0.2, 0.25) is 0 Å². The van der Waals surface area contributed by atoms with E-state index in [-0.39, 0.29) is 5.91 Å². The quantitative estimate of drug-likeness (QED) is 0.360. The Balaban J connectivity index is 1.22. The van der Waals surface area contributed by atoms with Crippen LogP contribution in [0.15, 0.2) is 91.3 Å². The average Bonchev–Trinajstić information content (AvgIpc) is 3.42. The third-order valence-electron chi connectivity index (χ3n) is 6.09. The second-order valence-electron chi connectivity index (χ2n) is 8.63. The van der Waals surface area contributed by atoms with Gasteiger partial charge in [-0.2, -0.15) is 5.10 Å². The minimum Gasteiger partial charge on any atom is -0.378 e. The SMILES string of the molecule is O=C(Nc1ccc(N2CCOCC2)cc1)c1cccc(-n2cc(NC(=O)C(O)c3ccccc3)cn2)c1. The number of hydrogen-bond donors (Lipinski definition) is 3. The molecule has 1 aliphatic heterocycles. The second kappa shape index (κ2) is 11.1. The van der Waals surface area contributed by atoms with Crippen molar-refractivity contribution in [3.8, 4) is 5.69 Å². The molecular formula is C28H27N5O4. The van der Waals surface area contributed by atoms with Crippen LogP contribution in [0.25, 0.3) is 5.69 Å². The van der Waals surface area contributed by atoms with Gasteiger partial charge in [-0.05, 0) is 48.0 Å². The lowest BCUT2D eigenvalue weighted by atomic mass is 10.1. The zero-order valence-corrected chi connectivity index (χ0v) is 20.1. The first-order valence-corrected chi connectivity index (χ1v) is 12.0. The third-order valence-corrected chi connectivity index (χ3v) is 6.09. The van der Waals surface area contributed by atoms with Crippen LogP contribution in [0.3, 0.4) is 0 Å². The van der Waals surface area contributed by atoms with E-state index >= 15 is 0 Å². The summed E-state index contributed by atoms with van der Waals surface area (Å²) < 4.78 is 6.95. The maximum atomic E-state index is 12.9. The van der Waals surface area contributed by atoms with Crippen molar-refractivity contribution in [2.24, 2.45) is 0 Å². The maximum absolute atomic E-state index is 12.9. The molecule has 0 spiro atoms. The van der Waals surface area contributed by atoms with Crippen molar-refractivity contribution in [1.82, 2.24) is 9.78 Å². The van der Waals surface area contributed by atoms with Crippen molar-refractivity contribution in [2.75, 3.05) is 41.8 Å². The number of carbonyl (C=O) groups is 2. The molecule has 9 heteroatoms. The van der Waals surface area contributed by atoms with Crippen molar-refractivity contribution >= 4 is 28.9 Å². The zero-order chi connectivity index (χ0) is 25.6. The van der Waals surface area contributed by atoms with E-state index in [0.717, 1.165) is 18.8 Å². The predicted molar refractivity (Wildman–Crippen MR) is 141 cm³/mol. The number of rotatable bonds is 7. The highest BCUT2D eigenvalue weighted by molar-refractivity contribution is 6.04. The molecule has 0 saturated carbocycles. The predicted octanol–water partition coefficient (Wildman–Crippen LogP) is 3.63. The van der Waals surface area contributed by atoms with Crippen molar-refractivity contribution in [2.45, 2.75) is 6.10 Å². The highest BCUT2D eigenvalue weighted by Crippen LogP contribution is 2.21. The number of anilines is 3. The monoisotopic (exact) mass is 497 g/mol. The number of aromatic nitrogens is 2. The van der Waals surface area contributed by atoms with Crippen LogP contribution in [0.2, 0.25) is 0 Å². The fourth-order valence-electron chi connectivity index (χ4n) is 4.10. The lowest BCUT2D eigenvalue weighted by Crippen LogP contribution is -2.36. The standard InChI is InChI=1S/C28H27N5O4/c34-26(20-5-2-1-3-6-20)28(36)31-23-18-29-33(19-23)25-8-4-7-21(17-25)27(35)30-22-9-11-24(12-10-22)32-13-15-37-16-14-32/h1-12,17-19,26,34H,13-16H2,(H,30,35)(H,31,36). The van der Waals surface area contributed by atoms with E-state index in [1.807, 2.05) is 36.4 Å². The van der Waals surface area contributed by atoms with Gasteiger partial charge in [0.05, 0.1) is 37.0 Å². The van der Waals surface area contributed by atoms with E-state index in [0.29, 0.717) is 41.4 Å². The van der Waals surface area contributed by atoms with Gasteiger partial charge in [0.25, 0.3) is 11.8 Å². The van der Waals surface area contributed by atoms with Crippen LogP contribution in [-0.2, 0) is 9.53 Å². The summed E-state index contributed by atoms with van der Waals surface area (Å²) in [5.74, 6) is -0.800. The molecule has 3 N–H and O–H groups in total. The van der Waals surface area contributed by atoms with E-state index in [1.54, 1.807) is 53.3 Å². The van der Waals surface area contributed by atoms with E-state index < -0.39 is 12.0 Å². The molecule has 188 valence electrons. The summed E-state index contributed by atoms with van der Waals surface area (Å²) in [6.45, 7) is 3.14. The second-order valence-corrected chi connectivity index (χ2v) is 8.63. The van der Waals surface area contributed by atoms with Gasteiger partial charge in [0.1, 0.15) is 0 Å². The molecule has 1 saturated heterocycles. The van der Waals surface area contributed by atoms with Crippen LogP contribution in [-0.4, -0.2) is 53.0 Å². The molecule has 37 heavy (non-hydrogen) atoms. The summed E-state index contributed by atoms with van der Waals surface area (Å²) in [5, 5.41) is 20.2. The number of morpholine rings is 1. The molecule has 5 rings (SSSR count). The molecule has 1 aliphatic rings. The van der Waals surface area contributed by atoms with E-state index in [9.17, 15) is 14.7 Å². The van der Waals surface area contributed by atoms with Crippen LogP contribution >= 0.6 is 0 Å². The van der Waals surface area contributed by atoms with Crippen molar-refractivity contribution in [3.63, 3.8) is 0 Å². The van der Waals surface area contributed by atoms with E-state index in [2.05, 4.69) is 20.6 Å². The highest BCUT2D eigenvalue weighted by atomic mass is 16.5. The fourth-order valence-corrected chi connectivity index (χ4v) is 4.10. The molecule has 1 atom stereocenters. The number of aliphatic hydroxyl groups is 1. The normalized spacial score (nSPS) is 14.1. The Morgan fingerprint density at radius 2 is 1.62 bits per heavy atom. The van der Waals surface area contributed by atoms with Gasteiger partial charge in [-0.3, -0.25) is 9.59 Å². The largest absolute Gasteiger partial charge is 0.378 e. The number of carbonyl (C=O) groups excluding carboxylic acids is 2. The smallest absolute Gasteiger partial charge is 0.257 e. The minimum absolute atomic E-state index is 0.243. The summed E-state index contributed by atoms with van der Waals surface area (Å²) in [4.78, 5) is 27.6. The lowest BCUT2D eigenvalue weighted by Gasteiger charge is -2.28. The number of nitrogens with one attached hydrogen (secondary N) is 2. The highest BCUT2D eigenvalue weighted by Gasteiger charge is 2.18. The number of benzene rings is 3. The average molecular weight is 498 g/mol. The van der Waals surface area contributed by atoms with Crippen LogP contribution in [0, 0.1) is 0 Å². The van der Waals surface area contributed by atoms with Gasteiger partial charge in [-0.1, -0.05) is 36.4 Å². The Morgan fingerprint density at radius 1 is 0.865 bits per heavy atom. The molecule has 1 fully saturated rings. The molecule has 1 aromatic heterocycles. The van der Waals surface area contributed by atoms with Crippen molar-refractivity contribution < 1.29 is 19.4 Å². The first kappa shape index (κ1) is 24.2. The van der Waals surface area contributed by atoms with Crippen LogP contribution in [0.5, 0.6) is 0 Å². The van der Waals surface area contributed by atoms with Gasteiger partial charge in [0.15, 0.2) is 6.10 Å². The number of amides is 2. The van der Waals surface area contributed by atoms with Crippen LogP contribution < -0.4 is 15.5 Å². The summed E-state index contributed by atoms with van der Waals surface area (Å²) in [7, 11) is 0. The molecule has 3 aromatic carbocycles. The molecule has 2 heterocycles. The summed E-state index contributed by atoms with van der Waals surface area (Å²) in [6, 6.07) is 23.5. The first-order chi connectivity index (χ1) is 18.1. The van der Waals surface area contributed by atoms with Crippen molar-refractivity contribution in [3.05, 3.63) is 102 Å². The number of aliphatic hydroxyl groups excluding tert-OH is 1. The molecule has 4 aromatic rings. The van der Waals surface area contributed by atoms with Crippen LogP contribution in [0.4, 0.5) is 17.1 Å². The first-order valence-electron chi connectivity index (χ1n) is 12.0.